The van der Waals surface area contributed by atoms with Gasteiger partial charge in [-0.2, -0.15) is 5.10 Å². The number of aromatic nitrogens is 3. The van der Waals surface area contributed by atoms with Crippen molar-refractivity contribution in [2.45, 2.75) is 32.1 Å². The SMILES string of the molecule is Cn1cc(C(=O)NCC2CCN(c3ncc(C(=O)N4CCCCC4)cc3Cl)CC2)cn1. The van der Waals surface area contributed by atoms with Gasteiger partial charge in [0, 0.05) is 52.2 Å². The van der Waals surface area contributed by atoms with E-state index >= 15 is 0 Å². The summed E-state index contributed by atoms with van der Waals surface area (Å²) < 4.78 is 1.62. The molecular formula is C22H29ClN6O2. The molecule has 0 spiro atoms. The van der Waals surface area contributed by atoms with Crippen LogP contribution in [0.1, 0.15) is 52.8 Å². The Kier molecular flexibility index (Phi) is 6.75. The number of halogens is 1. The van der Waals surface area contributed by atoms with Gasteiger partial charge in [-0.15, -0.1) is 0 Å². The molecule has 2 aromatic rings. The summed E-state index contributed by atoms with van der Waals surface area (Å²) in [6.45, 7) is 3.90. The molecule has 166 valence electrons. The van der Waals surface area contributed by atoms with Crippen LogP contribution in [0.5, 0.6) is 0 Å². The van der Waals surface area contributed by atoms with Crippen molar-refractivity contribution in [3.63, 3.8) is 0 Å². The summed E-state index contributed by atoms with van der Waals surface area (Å²) in [5, 5.41) is 7.56. The number of piperidine rings is 2. The van der Waals surface area contributed by atoms with Crippen molar-refractivity contribution in [3.8, 4) is 0 Å². The Morgan fingerprint density at radius 1 is 1.10 bits per heavy atom. The molecule has 9 heteroatoms. The van der Waals surface area contributed by atoms with Gasteiger partial charge in [0.15, 0.2) is 0 Å². The highest BCUT2D eigenvalue weighted by molar-refractivity contribution is 6.33. The van der Waals surface area contributed by atoms with Crippen molar-refractivity contribution in [1.82, 2.24) is 25.0 Å². The highest BCUT2D eigenvalue weighted by Gasteiger charge is 2.24. The Hall–Kier alpha value is -2.61. The Morgan fingerprint density at radius 2 is 1.84 bits per heavy atom. The predicted molar refractivity (Wildman–Crippen MR) is 119 cm³/mol. The Balaban J connectivity index is 1.29. The van der Waals surface area contributed by atoms with Crippen LogP contribution < -0.4 is 10.2 Å². The average Bonchev–Trinajstić information content (AvgIpc) is 3.24. The first-order chi connectivity index (χ1) is 15.0. The van der Waals surface area contributed by atoms with E-state index in [0.717, 1.165) is 57.7 Å². The Labute approximate surface area is 187 Å². The summed E-state index contributed by atoms with van der Waals surface area (Å²) >= 11 is 6.51. The van der Waals surface area contributed by atoms with Gasteiger partial charge in [-0.3, -0.25) is 14.3 Å². The molecule has 2 aliphatic rings. The number of anilines is 1. The first-order valence-corrected chi connectivity index (χ1v) is 11.4. The third kappa shape index (κ3) is 5.18. The van der Waals surface area contributed by atoms with E-state index in [9.17, 15) is 9.59 Å². The number of hydrogen-bond donors (Lipinski definition) is 1. The zero-order chi connectivity index (χ0) is 21.8. The van der Waals surface area contributed by atoms with E-state index in [-0.39, 0.29) is 11.8 Å². The largest absolute Gasteiger partial charge is 0.355 e. The topological polar surface area (TPSA) is 83.4 Å². The zero-order valence-corrected chi connectivity index (χ0v) is 18.6. The van der Waals surface area contributed by atoms with Gasteiger partial charge in [-0.05, 0) is 44.1 Å². The maximum absolute atomic E-state index is 12.7. The smallest absolute Gasteiger partial charge is 0.255 e. The van der Waals surface area contributed by atoms with Gasteiger partial charge in [0.05, 0.1) is 22.3 Å². The number of likely N-dealkylation sites (tertiary alicyclic amines) is 1. The Morgan fingerprint density at radius 3 is 2.48 bits per heavy atom. The van der Waals surface area contributed by atoms with Crippen molar-refractivity contribution in [3.05, 3.63) is 40.8 Å². The van der Waals surface area contributed by atoms with E-state index in [1.54, 1.807) is 36.4 Å². The third-order valence-electron chi connectivity index (χ3n) is 6.14. The van der Waals surface area contributed by atoms with Crippen LogP contribution in [0.4, 0.5) is 5.82 Å². The molecular weight excluding hydrogens is 416 g/mol. The number of hydrogen-bond acceptors (Lipinski definition) is 5. The lowest BCUT2D eigenvalue weighted by molar-refractivity contribution is 0.0723. The second-order valence-electron chi connectivity index (χ2n) is 8.43. The van der Waals surface area contributed by atoms with Gasteiger partial charge in [-0.1, -0.05) is 11.6 Å². The van der Waals surface area contributed by atoms with Crippen molar-refractivity contribution in [1.29, 1.82) is 0 Å². The molecule has 0 unspecified atom stereocenters. The molecule has 4 heterocycles. The first kappa shape index (κ1) is 21.6. The third-order valence-corrected chi connectivity index (χ3v) is 6.42. The minimum absolute atomic E-state index is 0.0173. The molecule has 8 nitrogen and oxygen atoms in total. The minimum atomic E-state index is -0.0887. The lowest BCUT2D eigenvalue weighted by atomic mass is 9.96. The van der Waals surface area contributed by atoms with Gasteiger partial charge in [0.25, 0.3) is 11.8 Å². The molecule has 0 aliphatic carbocycles. The van der Waals surface area contributed by atoms with E-state index in [0.29, 0.717) is 28.6 Å². The maximum Gasteiger partial charge on any atom is 0.255 e. The van der Waals surface area contributed by atoms with Gasteiger partial charge in [-0.25, -0.2) is 4.98 Å². The molecule has 0 bridgehead atoms. The quantitative estimate of drug-likeness (QED) is 0.766. The summed E-state index contributed by atoms with van der Waals surface area (Å²) in [5.41, 5.74) is 1.14. The molecule has 4 rings (SSSR count). The van der Waals surface area contributed by atoms with Crippen molar-refractivity contribution < 1.29 is 9.59 Å². The monoisotopic (exact) mass is 444 g/mol. The van der Waals surface area contributed by atoms with E-state index in [1.807, 2.05) is 4.90 Å². The second-order valence-corrected chi connectivity index (χ2v) is 8.83. The van der Waals surface area contributed by atoms with Crippen LogP contribution in [-0.2, 0) is 7.05 Å². The summed E-state index contributed by atoms with van der Waals surface area (Å²) in [5.74, 6) is 1.07. The van der Waals surface area contributed by atoms with Crippen molar-refractivity contribution >= 4 is 29.2 Å². The second kappa shape index (κ2) is 9.68. The van der Waals surface area contributed by atoms with Crippen LogP contribution in [0, 0.1) is 5.92 Å². The van der Waals surface area contributed by atoms with Crippen LogP contribution in [-0.4, -0.2) is 64.2 Å². The summed E-state index contributed by atoms with van der Waals surface area (Å²) in [6.07, 6.45) is 10.1. The number of carbonyl (C=O) groups is 2. The molecule has 2 fully saturated rings. The van der Waals surface area contributed by atoms with Gasteiger partial charge >= 0.3 is 0 Å². The fourth-order valence-corrected chi connectivity index (χ4v) is 4.57. The average molecular weight is 445 g/mol. The summed E-state index contributed by atoms with van der Waals surface area (Å²) in [4.78, 5) is 33.5. The molecule has 31 heavy (non-hydrogen) atoms. The van der Waals surface area contributed by atoms with Crippen LogP contribution >= 0.6 is 11.6 Å². The number of amides is 2. The normalized spacial score (nSPS) is 17.6. The minimum Gasteiger partial charge on any atom is -0.355 e. The van der Waals surface area contributed by atoms with Crippen molar-refractivity contribution in [2.75, 3.05) is 37.6 Å². The number of nitrogens with zero attached hydrogens (tertiary/aromatic N) is 5. The van der Waals surface area contributed by atoms with E-state index < -0.39 is 0 Å². The molecule has 0 saturated carbocycles. The molecule has 2 aliphatic heterocycles. The van der Waals surface area contributed by atoms with Crippen molar-refractivity contribution in [2.24, 2.45) is 13.0 Å². The number of carbonyl (C=O) groups excluding carboxylic acids is 2. The zero-order valence-electron chi connectivity index (χ0n) is 17.9. The molecule has 1 N–H and O–H groups in total. The summed E-state index contributed by atoms with van der Waals surface area (Å²) in [6, 6.07) is 1.75. The summed E-state index contributed by atoms with van der Waals surface area (Å²) in [7, 11) is 1.79. The number of nitrogens with one attached hydrogen (secondary N) is 1. The van der Waals surface area contributed by atoms with Gasteiger partial charge < -0.3 is 15.1 Å². The number of aryl methyl sites for hydroxylation is 1. The van der Waals surface area contributed by atoms with Crippen LogP contribution in [0.15, 0.2) is 24.7 Å². The molecule has 2 saturated heterocycles. The highest BCUT2D eigenvalue weighted by atomic mass is 35.5. The molecule has 2 amide bonds. The fourth-order valence-electron chi connectivity index (χ4n) is 4.29. The highest BCUT2D eigenvalue weighted by Crippen LogP contribution is 2.29. The van der Waals surface area contributed by atoms with E-state index in [4.69, 9.17) is 11.6 Å². The van der Waals surface area contributed by atoms with Crippen LogP contribution in [0.25, 0.3) is 0 Å². The van der Waals surface area contributed by atoms with Gasteiger partial charge in [0.2, 0.25) is 0 Å². The number of pyridine rings is 1. The molecule has 0 atom stereocenters. The molecule has 0 radical (unpaired) electrons. The Bertz CT molecular complexity index is 932. The number of rotatable bonds is 5. The van der Waals surface area contributed by atoms with E-state index in [1.165, 1.54) is 6.42 Å². The maximum atomic E-state index is 12.7. The lowest BCUT2D eigenvalue weighted by Crippen LogP contribution is -2.39. The lowest BCUT2D eigenvalue weighted by Gasteiger charge is -2.33. The van der Waals surface area contributed by atoms with Crippen LogP contribution in [0.2, 0.25) is 5.02 Å². The molecule has 2 aromatic heterocycles. The van der Waals surface area contributed by atoms with Gasteiger partial charge in [0.1, 0.15) is 5.82 Å². The van der Waals surface area contributed by atoms with Crippen LogP contribution in [0.3, 0.4) is 0 Å². The standard InChI is InChI=1S/C22H29ClN6O2/c1-27-15-18(14-26-27)21(30)25-12-16-5-9-28(10-6-16)20-19(23)11-17(13-24-20)22(31)29-7-3-2-4-8-29/h11,13-16H,2-10,12H2,1H3,(H,25,30). The predicted octanol–water partition coefficient (Wildman–Crippen LogP) is 2.74. The first-order valence-electron chi connectivity index (χ1n) is 11.0. The van der Waals surface area contributed by atoms with E-state index in [2.05, 4.69) is 20.3 Å². The fraction of sp³-hybridized carbons (Fsp3) is 0.545. The molecule has 0 aromatic carbocycles.